The number of nitrogen functional groups attached to an aromatic ring is 1. The Labute approximate surface area is 710 Å². The Morgan fingerprint density at radius 3 is 1.72 bits per heavy atom. The summed E-state index contributed by atoms with van der Waals surface area (Å²) in [4.78, 5) is 286. The lowest BCUT2D eigenvalue weighted by Crippen LogP contribution is -2.62. The average Bonchev–Trinajstić information content (AvgIpc) is 1.57. The topological polar surface area (TPSA) is 717 Å². The third-order valence-electron chi connectivity index (χ3n) is 19.6. The molecule has 0 saturated carbocycles. The summed E-state index contributed by atoms with van der Waals surface area (Å²) in [6.07, 6.45) is 4.32. The number of nitrogens with zero attached hydrogens (tertiary/aromatic N) is 1. The molecule has 678 valence electrons. The lowest BCUT2D eigenvalue weighted by molar-refractivity contribution is -0.156. The Kier molecular flexibility index (Phi) is 42.4. The largest absolute Gasteiger partial charge is 0.481 e. The number of anilines is 1. The first-order valence-corrected chi connectivity index (χ1v) is 40.3. The van der Waals surface area contributed by atoms with E-state index in [0.717, 1.165) is 72.1 Å². The summed E-state index contributed by atoms with van der Waals surface area (Å²) in [5.41, 5.74) is 12.4. The normalized spacial score (nSPS) is 20.5. The zero-order valence-electron chi connectivity index (χ0n) is 68.9. The zero-order chi connectivity index (χ0) is 91.7. The standard InChI is InChI=1S/C79H111N19O26/c1-5-6-7-8-9-10-11-12-13-14-25-60(102)90-50(30-44-36-85-48-23-18-16-20-45(44)48)73(117)93-51(32-58(81)101)74(118)95-54(35-66(111)112)75(119)98-68-43(4)124-79(123)55(31-57(100)46-21-15-17-22-47(46)80)96-78(122)67(41(2)29-63(105)106)97-76(120)56(40-99)91-62(104)38-86-70(114)52(33-64(107)108)92-69(113)42(3)88-72(116)53(34-65(109)110)94-71(115)49(89-61(103)39-87-77(68)121)24-19-26-82-37-59-83-27-28-84-59/h15-18,20-23,27-28,36,41-43,49-56,67-68,82,85,99H,5-14,19,24-26,29-35,37-40,80H2,1-4H3,(H2,81,101)(H,83,84)(H,86,114)(H,87,121)(H,88,116)(H,89,103)(H,90,102)(H,91,104)(H,92,113)(H,93,117)(H,94,115)(H,95,118)(H,96,122)(H,97,120)(H,98,119)(H,105,106)(H,107,108)(H,109,110)(H,111,112). The van der Waals surface area contributed by atoms with E-state index in [0.29, 0.717) is 35.1 Å². The van der Waals surface area contributed by atoms with Crippen LogP contribution in [-0.2, 0) is 109 Å². The van der Waals surface area contributed by atoms with Crippen LogP contribution in [0.2, 0.25) is 0 Å². The molecule has 1 aliphatic rings. The number of cyclic esters (lactones) is 1. The van der Waals surface area contributed by atoms with Crippen molar-refractivity contribution in [1.29, 1.82) is 0 Å². The number of para-hydroxylation sites is 2. The monoisotopic (exact) mass is 1740 g/mol. The van der Waals surface area contributed by atoms with Crippen molar-refractivity contribution in [2.75, 3.05) is 32.0 Å². The van der Waals surface area contributed by atoms with E-state index < -0.39 is 255 Å². The van der Waals surface area contributed by atoms with E-state index in [2.05, 4.69) is 80.4 Å². The second-order valence-electron chi connectivity index (χ2n) is 29.7. The maximum atomic E-state index is 15.0. The van der Waals surface area contributed by atoms with E-state index in [-0.39, 0.29) is 50.0 Å². The maximum absolute atomic E-state index is 15.0. The molecular formula is C79H111N19O26. The number of carboxylic acid groups (broad SMARTS) is 4. The first-order valence-electron chi connectivity index (χ1n) is 40.3. The van der Waals surface area contributed by atoms with E-state index in [4.69, 9.17) is 16.2 Å². The number of imidazole rings is 1. The molecule has 13 unspecified atom stereocenters. The summed E-state index contributed by atoms with van der Waals surface area (Å²) < 4.78 is 5.73. The quantitative estimate of drug-likeness (QED) is 0.00874. The number of aliphatic hydroxyl groups excluding tert-OH is 1. The molecular weight excluding hydrogens is 1630 g/mol. The van der Waals surface area contributed by atoms with Crippen LogP contribution in [0.5, 0.6) is 0 Å². The van der Waals surface area contributed by atoms with Crippen molar-refractivity contribution in [3.05, 3.63) is 84.1 Å². The highest BCUT2D eigenvalue weighted by atomic mass is 16.5. The van der Waals surface area contributed by atoms with Crippen LogP contribution in [0.1, 0.15) is 171 Å². The Morgan fingerprint density at radius 1 is 0.556 bits per heavy atom. The average molecular weight is 1740 g/mol. The predicted molar refractivity (Wildman–Crippen MR) is 435 cm³/mol. The molecule has 1 fully saturated rings. The fraction of sp³-hybridized carbons (Fsp3) is 0.532. The minimum Gasteiger partial charge on any atom is -0.481 e. The molecule has 3 heterocycles. The number of esters is 1. The van der Waals surface area contributed by atoms with Crippen LogP contribution in [0.25, 0.3) is 10.9 Å². The SMILES string of the molecule is CCCCCCCCCCCCC(=O)NC(Cc1c[nH]c2ccccc12)C(=O)NC(CC(N)=O)C(=O)NC(CC(=O)O)C(=O)NC1C(=O)NCC(=O)NC(CCCNCc2ncc[nH]2)C(=O)NC(CC(=O)O)C(=O)NC(C)C(=O)NC(CC(=O)O)C(=O)NCC(=O)NC(CO)C(=O)NC(C(C)CC(=O)O)C(=O)NC(CC(=O)c2ccccc2N)C(=O)OC1C. The lowest BCUT2D eigenvalue weighted by atomic mass is 9.96. The third-order valence-corrected chi connectivity index (χ3v) is 19.6. The number of fused-ring (bicyclic) bond motifs is 1. The Balaban J connectivity index is 1.60. The highest BCUT2D eigenvalue weighted by molar-refractivity contribution is 6.05. The molecule has 5 rings (SSSR count). The molecule has 1 aliphatic heterocycles. The fourth-order valence-electron chi connectivity index (χ4n) is 13.0. The van der Waals surface area contributed by atoms with Crippen molar-refractivity contribution < 1.29 is 126 Å². The maximum Gasteiger partial charge on any atom is 0.329 e. The molecule has 4 aromatic rings. The number of carboxylic acids is 4. The number of amides is 14. The predicted octanol–water partition coefficient (Wildman–Crippen LogP) is -3.90. The van der Waals surface area contributed by atoms with Crippen molar-refractivity contribution in [2.24, 2.45) is 11.7 Å². The third kappa shape index (κ3) is 35.3. The van der Waals surface area contributed by atoms with Gasteiger partial charge in [-0.2, -0.15) is 0 Å². The summed E-state index contributed by atoms with van der Waals surface area (Å²) in [7, 11) is 0. The number of ether oxygens (including phenoxy) is 1. The number of nitrogens with one attached hydrogen (secondary N) is 16. The Bertz CT molecular complexity index is 4430. The van der Waals surface area contributed by atoms with Gasteiger partial charge < -0.3 is 126 Å². The summed E-state index contributed by atoms with van der Waals surface area (Å²) in [5, 5.41) is 82.5. The summed E-state index contributed by atoms with van der Waals surface area (Å²) in [6, 6.07) is -10.6. The van der Waals surface area contributed by atoms with E-state index >= 15 is 0 Å². The molecule has 45 heteroatoms. The van der Waals surface area contributed by atoms with Gasteiger partial charge in [-0.25, -0.2) is 9.78 Å². The van der Waals surface area contributed by atoms with Crippen LogP contribution in [0.15, 0.2) is 67.1 Å². The van der Waals surface area contributed by atoms with Crippen LogP contribution in [-0.4, -0.2) is 258 Å². The van der Waals surface area contributed by atoms with Crippen LogP contribution in [0, 0.1) is 5.92 Å². The van der Waals surface area contributed by atoms with Crippen molar-refractivity contribution in [2.45, 2.75) is 235 Å². The number of aromatic amines is 2. The minimum atomic E-state index is -2.46. The molecule has 0 radical (unpaired) electrons. The molecule has 14 amide bonds. The van der Waals surface area contributed by atoms with Gasteiger partial charge in [-0.05, 0) is 69.3 Å². The number of ketones is 1. The van der Waals surface area contributed by atoms with Crippen LogP contribution < -0.4 is 85.9 Å². The van der Waals surface area contributed by atoms with Gasteiger partial charge in [0, 0.05) is 60.0 Å². The van der Waals surface area contributed by atoms with Crippen molar-refractivity contribution in [3.63, 3.8) is 0 Å². The number of rotatable bonds is 41. The number of hydrogen-bond donors (Lipinski definition) is 23. The summed E-state index contributed by atoms with van der Waals surface area (Å²) >= 11 is 0. The van der Waals surface area contributed by atoms with E-state index in [9.17, 15) is 121 Å². The van der Waals surface area contributed by atoms with Gasteiger partial charge in [0.1, 0.15) is 78.4 Å². The number of aliphatic hydroxyl groups is 1. The number of nitrogens with two attached hydrogens (primary N) is 2. The molecule has 1 saturated heterocycles. The number of hydrogen-bond acceptors (Lipinski definition) is 25. The number of carbonyl (C=O) groups excluding carboxylic acids is 16. The van der Waals surface area contributed by atoms with E-state index in [1.807, 2.05) is 16.0 Å². The molecule has 0 spiro atoms. The van der Waals surface area contributed by atoms with Crippen LogP contribution >= 0.6 is 0 Å². The summed E-state index contributed by atoms with van der Waals surface area (Å²) in [6.45, 7) is 1.57. The molecule has 124 heavy (non-hydrogen) atoms. The first kappa shape index (κ1) is 101. The van der Waals surface area contributed by atoms with Crippen molar-refractivity contribution in [3.8, 4) is 0 Å². The molecule has 2 aromatic heterocycles. The fourth-order valence-corrected chi connectivity index (χ4v) is 13.0. The smallest absolute Gasteiger partial charge is 0.329 e. The van der Waals surface area contributed by atoms with Gasteiger partial charge in [0.2, 0.25) is 82.7 Å². The number of carbonyl (C=O) groups is 20. The van der Waals surface area contributed by atoms with Crippen molar-refractivity contribution in [1.82, 2.24) is 89.4 Å². The van der Waals surface area contributed by atoms with E-state index in [1.54, 1.807) is 30.5 Å². The number of primary amides is 1. The molecule has 0 aliphatic carbocycles. The second-order valence-corrected chi connectivity index (χ2v) is 29.7. The summed E-state index contributed by atoms with van der Waals surface area (Å²) in [5.74, 6) is -29.2. The number of benzene rings is 2. The number of aliphatic carboxylic acids is 4. The molecule has 45 nitrogen and oxygen atoms in total. The number of unbranched alkanes of at least 4 members (excludes halogenated alkanes) is 9. The molecule has 25 N–H and O–H groups in total. The lowest BCUT2D eigenvalue weighted by Gasteiger charge is -2.30. The highest BCUT2D eigenvalue weighted by Gasteiger charge is 2.41. The number of Topliss-reactive ketones (excluding diaryl/α,β-unsaturated/α-hetero) is 1. The van der Waals surface area contributed by atoms with Crippen LogP contribution in [0.3, 0.4) is 0 Å². The van der Waals surface area contributed by atoms with Crippen molar-refractivity contribution >= 4 is 135 Å². The van der Waals surface area contributed by atoms with Gasteiger partial charge in [-0.15, -0.1) is 0 Å². The highest BCUT2D eigenvalue weighted by Crippen LogP contribution is 2.22. The van der Waals surface area contributed by atoms with Gasteiger partial charge in [0.25, 0.3) is 0 Å². The second kappa shape index (κ2) is 52.0. The van der Waals surface area contributed by atoms with Gasteiger partial charge in [0.15, 0.2) is 5.78 Å². The zero-order valence-corrected chi connectivity index (χ0v) is 68.9. The molecule has 0 bridgehead atoms. The number of aromatic nitrogens is 3. The van der Waals surface area contributed by atoms with Gasteiger partial charge in [0.05, 0.1) is 58.3 Å². The molecule has 13 atom stereocenters. The van der Waals surface area contributed by atoms with E-state index in [1.165, 1.54) is 36.7 Å². The Morgan fingerprint density at radius 2 is 1.11 bits per heavy atom. The Hall–Kier alpha value is -13.5. The van der Waals surface area contributed by atoms with Gasteiger partial charge in [-0.3, -0.25) is 91.1 Å². The molecule has 2 aromatic carbocycles. The number of H-pyrrole nitrogens is 2. The minimum absolute atomic E-state index is 0.0184. The first-order chi connectivity index (χ1) is 58.9. The van der Waals surface area contributed by atoms with Crippen LogP contribution in [0.4, 0.5) is 5.69 Å². The van der Waals surface area contributed by atoms with Gasteiger partial charge >= 0.3 is 29.8 Å². The van der Waals surface area contributed by atoms with Gasteiger partial charge in [-0.1, -0.05) is 102 Å².